The Bertz CT molecular complexity index is 3250. The predicted octanol–water partition coefficient (Wildman–Crippen LogP) is 15.7. The van der Waals surface area contributed by atoms with Crippen molar-refractivity contribution < 1.29 is 26.3 Å². The van der Waals surface area contributed by atoms with E-state index in [0.29, 0.717) is 49.6 Å². The third kappa shape index (κ3) is 6.16. The quantitative estimate of drug-likeness (QED) is 0.112. The molecule has 2 nitrogen and oxygen atoms in total. The van der Waals surface area contributed by atoms with Gasteiger partial charge in [0.05, 0.1) is 34.1 Å². The Morgan fingerprint density at radius 3 is 1.23 bits per heavy atom. The standard InChI is InChI=1S/C52H30F6N2/c53-36-23-19-31(20-24-36)32-21-25-43(57)49(27-32)59(45-17-5-3-15-41(45)55)47-29-34-9-8-13-39-48(30-35-10-7-12-38(47)51(35)52(34)39)60(46-18-6-4-16-42(46)56)50-28-33(22-26-44(50)58)37-11-1-2-14-40(37)54/h1-30H. The fraction of sp³-hybridized carbons (Fsp3) is 0. The van der Waals surface area contributed by atoms with Crippen LogP contribution in [0, 0.1) is 34.9 Å². The summed E-state index contributed by atoms with van der Waals surface area (Å²) in [5, 5.41) is 4.19. The van der Waals surface area contributed by atoms with Gasteiger partial charge in [-0.3, -0.25) is 0 Å². The number of hydrogen-bond acceptors (Lipinski definition) is 2. The topological polar surface area (TPSA) is 6.48 Å². The van der Waals surface area contributed by atoms with Crippen LogP contribution in [0.3, 0.4) is 0 Å². The third-order valence-electron chi connectivity index (χ3n) is 11.0. The number of para-hydroxylation sites is 2. The lowest BCUT2D eigenvalue weighted by molar-refractivity contribution is 0.619. The molecule has 0 saturated heterocycles. The van der Waals surface area contributed by atoms with Gasteiger partial charge in [-0.2, -0.15) is 0 Å². The fourth-order valence-electron chi connectivity index (χ4n) is 8.28. The van der Waals surface area contributed by atoms with Crippen LogP contribution in [0.5, 0.6) is 0 Å². The van der Waals surface area contributed by atoms with Gasteiger partial charge >= 0.3 is 0 Å². The molecule has 0 aliphatic carbocycles. The lowest BCUT2D eigenvalue weighted by atomic mass is 9.90. The molecule has 0 spiro atoms. The molecule has 10 rings (SSSR count). The number of rotatable bonds is 8. The molecule has 60 heavy (non-hydrogen) atoms. The van der Waals surface area contributed by atoms with Crippen molar-refractivity contribution in [3.8, 4) is 22.3 Å². The van der Waals surface area contributed by atoms with Crippen LogP contribution in [-0.4, -0.2) is 0 Å². The third-order valence-corrected chi connectivity index (χ3v) is 11.0. The maximum absolute atomic E-state index is 16.3. The van der Waals surface area contributed by atoms with E-state index in [1.54, 1.807) is 83.8 Å². The zero-order chi connectivity index (χ0) is 41.1. The largest absolute Gasteiger partial charge is 0.304 e. The molecule has 0 aliphatic heterocycles. The van der Waals surface area contributed by atoms with Gasteiger partial charge in [0, 0.05) is 16.3 Å². The summed E-state index contributed by atoms with van der Waals surface area (Å²) in [6, 6.07) is 47.9. The highest BCUT2D eigenvalue weighted by atomic mass is 19.1. The first-order valence-corrected chi connectivity index (χ1v) is 19.1. The van der Waals surface area contributed by atoms with Crippen LogP contribution < -0.4 is 9.80 Å². The second-order valence-electron chi connectivity index (χ2n) is 14.5. The van der Waals surface area contributed by atoms with Crippen molar-refractivity contribution in [2.75, 3.05) is 9.80 Å². The van der Waals surface area contributed by atoms with Gasteiger partial charge in [-0.25, -0.2) is 26.3 Å². The maximum atomic E-state index is 16.3. The van der Waals surface area contributed by atoms with Gasteiger partial charge in [0.1, 0.15) is 34.9 Å². The minimum absolute atomic E-state index is 0.00130. The van der Waals surface area contributed by atoms with Gasteiger partial charge in [0.25, 0.3) is 0 Å². The number of anilines is 6. The number of halogens is 6. The molecule has 10 aromatic carbocycles. The van der Waals surface area contributed by atoms with E-state index < -0.39 is 34.9 Å². The second kappa shape index (κ2) is 14.7. The summed E-state index contributed by atoms with van der Waals surface area (Å²) in [4.78, 5) is 3.07. The Morgan fingerprint density at radius 1 is 0.283 bits per heavy atom. The minimum atomic E-state index is -0.656. The van der Waals surface area contributed by atoms with Crippen LogP contribution in [0.1, 0.15) is 0 Å². The average Bonchev–Trinajstić information content (AvgIpc) is 3.26. The zero-order valence-electron chi connectivity index (χ0n) is 31.5. The Morgan fingerprint density at radius 2 is 0.717 bits per heavy atom. The lowest BCUT2D eigenvalue weighted by Crippen LogP contribution is -2.15. The molecular weight excluding hydrogens is 767 g/mol. The molecule has 0 radical (unpaired) electrons. The van der Waals surface area contributed by atoms with Crippen molar-refractivity contribution >= 4 is 66.4 Å². The van der Waals surface area contributed by atoms with Crippen molar-refractivity contribution in [3.63, 3.8) is 0 Å². The predicted molar refractivity (Wildman–Crippen MR) is 230 cm³/mol. The van der Waals surface area contributed by atoms with Crippen LogP contribution in [-0.2, 0) is 0 Å². The Hall–Kier alpha value is -7.58. The minimum Gasteiger partial charge on any atom is -0.304 e. The van der Waals surface area contributed by atoms with E-state index in [4.69, 9.17) is 0 Å². The van der Waals surface area contributed by atoms with Crippen LogP contribution in [0.25, 0.3) is 54.6 Å². The van der Waals surface area contributed by atoms with Crippen molar-refractivity contribution in [3.05, 3.63) is 217 Å². The summed E-state index contributed by atoms with van der Waals surface area (Å²) in [6.07, 6.45) is 0. The summed E-state index contributed by atoms with van der Waals surface area (Å²) in [7, 11) is 0. The van der Waals surface area contributed by atoms with E-state index in [0.717, 1.165) is 10.8 Å². The maximum Gasteiger partial charge on any atom is 0.147 e. The highest BCUT2D eigenvalue weighted by Gasteiger charge is 2.28. The van der Waals surface area contributed by atoms with Crippen molar-refractivity contribution in [2.45, 2.75) is 0 Å². The van der Waals surface area contributed by atoms with Crippen LogP contribution in [0.15, 0.2) is 182 Å². The van der Waals surface area contributed by atoms with E-state index in [2.05, 4.69) is 0 Å². The first-order chi connectivity index (χ1) is 29.2. The summed E-state index contributed by atoms with van der Waals surface area (Å²) < 4.78 is 93.8. The van der Waals surface area contributed by atoms with Crippen molar-refractivity contribution in [1.29, 1.82) is 0 Å². The number of hydrogen-bond donors (Lipinski definition) is 0. The molecule has 10 aromatic rings. The van der Waals surface area contributed by atoms with E-state index in [1.165, 1.54) is 59.5 Å². The van der Waals surface area contributed by atoms with E-state index in [1.807, 2.05) is 48.5 Å². The molecule has 0 bridgehead atoms. The van der Waals surface area contributed by atoms with Crippen LogP contribution in [0.2, 0.25) is 0 Å². The molecule has 0 amide bonds. The summed E-state index contributed by atoms with van der Waals surface area (Å²) >= 11 is 0. The molecule has 8 heteroatoms. The molecule has 0 aliphatic rings. The zero-order valence-corrected chi connectivity index (χ0v) is 31.5. The molecule has 0 heterocycles. The number of nitrogens with zero attached hydrogens (tertiary/aromatic N) is 2. The van der Waals surface area contributed by atoms with Gasteiger partial charge in [-0.1, -0.05) is 103 Å². The Balaban J connectivity index is 1.25. The average molecular weight is 797 g/mol. The van der Waals surface area contributed by atoms with E-state index in [9.17, 15) is 4.39 Å². The molecule has 0 aromatic heterocycles. The SMILES string of the molecule is Fc1ccc(-c2ccc(F)c(N(c3ccccc3F)c3cc4cccc5c(N(c6ccccc6F)c6cc(-c7ccccc7F)ccc6F)cc6cccc3c6c45)c2)cc1. The normalized spacial score (nSPS) is 11.5. The summed E-state index contributed by atoms with van der Waals surface area (Å²) in [6.45, 7) is 0. The Kier molecular flexibility index (Phi) is 8.98. The highest BCUT2D eigenvalue weighted by Crippen LogP contribution is 2.51. The first kappa shape index (κ1) is 36.7. The van der Waals surface area contributed by atoms with Crippen molar-refractivity contribution in [2.24, 2.45) is 0 Å². The van der Waals surface area contributed by atoms with Gasteiger partial charge in [0.15, 0.2) is 0 Å². The summed E-state index contributed by atoms with van der Waals surface area (Å²) in [5.74, 6) is -3.36. The molecule has 0 saturated carbocycles. The molecule has 0 fully saturated rings. The van der Waals surface area contributed by atoms with E-state index >= 15 is 22.0 Å². The Labute approximate surface area is 340 Å². The monoisotopic (exact) mass is 796 g/mol. The molecule has 0 atom stereocenters. The molecule has 0 N–H and O–H groups in total. The summed E-state index contributed by atoms with van der Waals surface area (Å²) in [5.41, 5.74) is 3.05. The second-order valence-corrected chi connectivity index (χ2v) is 14.5. The van der Waals surface area contributed by atoms with Gasteiger partial charge in [-0.15, -0.1) is 0 Å². The van der Waals surface area contributed by atoms with Crippen LogP contribution in [0.4, 0.5) is 60.5 Å². The van der Waals surface area contributed by atoms with Crippen LogP contribution >= 0.6 is 0 Å². The first-order valence-electron chi connectivity index (χ1n) is 19.1. The molecule has 0 unspecified atom stereocenters. The fourth-order valence-corrected chi connectivity index (χ4v) is 8.28. The smallest absolute Gasteiger partial charge is 0.147 e. The molecule has 290 valence electrons. The van der Waals surface area contributed by atoms with Gasteiger partial charge in [-0.05, 0) is 117 Å². The van der Waals surface area contributed by atoms with Crippen molar-refractivity contribution in [1.82, 2.24) is 0 Å². The van der Waals surface area contributed by atoms with Gasteiger partial charge in [0.2, 0.25) is 0 Å². The molecular formula is C52H30F6N2. The highest BCUT2D eigenvalue weighted by molar-refractivity contribution is 6.29. The number of benzene rings is 10. The van der Waals surface area contributed by atoms with E-state index in [-0.39, 0.29) is 28.3 Å². The lowest BCUT2D eigenvalue weighted by Gasteiger charge is -2.31. The van der Waals surface area contributed by atoms with Gasteiger partial charge < -0.3 is 9.80 Å².